The van der Waals surface area contributed by atoms with Gasteiger partial charge in [-0.15, -0.1) is 11.3 Å². The average Bonchev–Trinajstić information content (AvgIpc) is 2.87. The Bertz CT molecular complexity index is 793. The number of nitrogens with zero attached hydrogens (tertiary/aromatic N) is 1. The molecule has 0 aliphatic rings. The minimum Gasteiger partial charge on any atom is -0.236 e. The predicted octanol–water partition coefficient (Wildman–Crippen LogP) is 5.66. The number of hydrogen-bond acceptors (Lipinski definition) is 2. The molecule has 0 fully saturated rings. The van der Waals surface area contributed by atoms with Crippen LogP contribution in [0.25, 0.3) is 21.8 Å². The van der Waals surface area contributed by atoms with Gasteiger partial charge < -0.3 is 0 Å². The normalized spacial score (nSPS) is 10.9. The molecule has 1 heterocycles. The van der Waals surface area contributed by atoms with Crippen LogP contribution in [0.15, 0.2) is 46.3 Å². The van der Waals surface area contributed by atoms with Crippen molar-refractivity contribution in [2.45, 2.75) is 0 Å². The van der Waals surface area contributed by atoms with Gasteiger partial charge in [-0.2, -0.15) is 0 Å². The monoisotopic (exact) mass is 369 g/mol. The maximum absolute atomic E-state index is 13.8. The van der Waals surface area contributed by atoms with Crippen molar-refractivity contribution in [2.75, 3.05) is 0 Å². The molecule has 0 amide bonds. The Balaban J connectivity index is 2.07. The van der Waals surface area contributed by atoms with Gasteiger partial charge in [-0.25, -0.2) is 18.2 Å². The van der Waals surface area contributed by atoms with E-state index >= 15 is 0 Å². The molecule has 1 aromatic heterocycles. The van der Waals surface area contributed by atoms with E-state index in [1.165, 1.54) is 0 Å². The summed E-state index contributed by atoms with van der Waals surface area (Å²) in [5.74, 6) is -2.86. The first-order valence-electron chi connectivity index (χ1n) is 5.91. The van der Waals surface area contributed by atoms with Crippen molar-refractivity contribution in [3.05, 3.63) is 63.7 Å². The lowest BCUT2D eigenvalue weighted by atomic mass is 10.1. The molecule has 2 aromatic carbocycles. The summed E-state index contributed by atoms with van der Waals surface area (Å²) in [5.41, 5.74) is 1.14. The second-order valence-corrected chi connectivity index (χ2v) is 6.07. The Kier molecular flexibility index (Phi) is 3.82. The van der Waals surface area contributed by atoms with E-state index in [9.17, 15) is 13.2 Å². The van der Waals surface area contributed by atoms with Gasteiger partial charge in [0, 0.05) is 27.5 Å². The van der Waals surface area contributed by atoms with E-state index in [4.69, 9.17) is 0 Å². The summed E-state index contributed by atoms with van der Waals surface area (Å²) >= 11 is 4.46. The maximum Gasteiger partial charge on any atom is 0.139 e. The second-order valence-electron chi connectivity index (χ2n) is 4.29. The van der Waals surface area contributed by atoms with Crippen LogP contribution in [-0.4, -0.2) is 4.98 Å². The molecular formula is C15H7BrF3NS. The van der Waals surface area contributed by atoms with Crippen molar-refractivity contribution in [1.82, 2.24) is 4.98 Å². The summed E-state index contributed by atoms with van der Waals surface area (Å²) in [5, 5.41) is 1.89. The molecule has 106 valence electrons. The Morgan fingerprint density at radius 3 is 2.38 bits per heavy atom. The van der Waals surface area contributed by atoms with Crippen LogP contribution in [0.3, 0.4) is 0 Å². The fourth-order valence-corrected chi connectivity index (χ4v) is 3.19. The van der Waals surface area contributed by atoms with E-state index < -0.39 is 17.5 Å². The first-order valence-corrected chi connectivity index (χ1v) is 7.58. The predicted molar refractivity (Wildman–Crippen MR) is 80.6 cm³/mol. The zero-order chi connectivity index (χ0) is 15.0. The molecule has 1 nitrogen and oxygen atoms in total. The fourth-order valence-electron chi connectivity index (χ4n) is 1.92. The van der Waals surface area contributed by atoms with Crippen molar-refractivity contribution >= 4 is 27.3 Å². The molecule has 0 saturated carbocycles. The zero-order valence-corrected chi connectivity index (χ0v) is 12.8. The molecule has 3 aromatic rings. The molecular weight excluding hydrogens is 363 g/mol. The molecule has 21 heavy (non-hydrogen) atoms. The molecule has 0 atom stereocenters. The lowest BCUT2D eigenvalue weighted by Crippen LogP contribution is -1.92. The van der Waals surface area contributed by atoms with Gasteiger partial charge in [0.05, 0.1) is 11.3 Å². The number of halogens is 4. The van der Waals surface area contributed by atoms with Gasteiger partial charge in [0.15, 0.2) is 0 Å². The van der Waals surface area contributed by atoms with Gasteiger partial charge in [0.2, 0.25) is 0 Å². The van der Waals surface area contributed by atoms with Gasteiger partial charge in [0.25, 0.3) is 0 Å². The van der Waals surface area contributed by atoms with Crippen LogP contribution < -0.4 is 0 Å². The van der Waals surface area contributed by atoms with Crippen molar-refractivity contribution in [3.63, 3.8) is 0 Å². The van der Waals surface area contributed by atoms with Gasteiger partial charge in [-0.1, -0.05) is 28.1 Å². The highest BCUT2D eigenvalue weighted by Crippen LogP contribution is 2.33. The van der Waals surface area contributed by atoms with E-state index in [1.807, 2.05) is 24.3 Å². The van der Waals surface area contributed by atoms with E-state index in [0.717, 1.165) is 21.4 Å². The van der Waals surface area contributed by atoms with Crippen LogP contribution in [0.2, 0.25) is 0 Å². The largest absolute Gasteiger partial charge is 0.236 e. The first kappa shape index (κ1) is 14.3. The summed E-state index contributed by atoms with van der Waals surface area (Å²) in [6.45, 7) is 0. The molecule has 0 spiro atoms. The molecule has 0 radical (unpaired) electrons. The lowest BCUT2D eigenvalue weighted by Gasteiger charge is -2.01. The highest BCUT2D eigenvalue weighted by atomic mass is 79.9. The number of aromatic nitrogens is 1. The summed E-state index contributed by atoms with van der Waals surface area (Å²) in [6.07, 6.45) is 0. The quantitative estimate of drug-likeness (QED) is 0.568. The molecule has 3 rings (SSSR count). The van der Waals surface area contributed by atoms with Crippen molar-refractivity contribution in [3.8, 4) is 21.8 Å². The highest BCUT2D eigenvalue weighted by Gasteiger charge is 2.17. The average molecular weight is 370 g/mol. The topological polar surface area (TPSA) is 12.9 Å². The third-order valence-corrected chi connectivity index (χ3v) is 4.20. The van der Waals surface area contributed by atoms with Crippen molar-refractivity contribution in [2.24, 2.45) is 0 Å². The van der Waals surface area contributed by atoms with Crippen LogP contribution >= 0.6 is 27.3 Å². The van der Waals surface area contributed by atoms with Crippen molar-refractivity contribution in [1.29, 1.82) is 0 Å². The van der Waals surface area contributed by atoms with Crippen LogP contribution in [-0.2, 0) is 0 Å². The maximum atomic E-state index is 13.8. The standard InChI is InChI=1S/C15H7BrF3NS/c16-9-3-1-2-8(4-9)13-7-21-15(20-13)14-11(18)5-10(17)6-12(14)19/h1-7H. The van der Waals surface area contributed by atoms with E-state index in [2.05, 4.69) is 20.9 Å². The Morgan fingerprint density at radius 2 is 1.71 bits per heavy atom. The van der Waals surface area contributed by atoms with Crippen molar-refractivity contribution < 1.29 is 13.2 Å². The van der Waals surface area contributed by atoms with Gasteiger partial charge >= 0.3 is 0 Å². The number of benzene rings is 2. The Labute approximate surface area is 131 Å². The third kappa shape index (κ3) is 2.87. The molecule has 0 bridgehead atoms. The van der Waals surface area contributed by atoms with Crippen LogP contribution in [0.4, 0.5) is 13.2 Å². The van der Waals surface area contributed by atoms with E-state index in [1.54, 1.807) is 5.38 Å². The minimum atomic E-state index is -0.956. The summed E-state index contributed by atoms with van der Waals surface area (Å²) < 4.78 is 41.3. The molecule has 0 aliphatic carbocycles. The lowest BCUT2D eigenvalue weighted by molar-refractivity contribution is 0.548. The minimum absolute atomic E-state index is 0.181. The summed E-state index contributed by atoms with van der Waals surface area (Å²) in [7, 11) is 0. The third-order valence-electron chi connectivity index (χ3n) is 2.85. The second kappa shape index (κ2) is 5.61. The molecule has 0 N–H and O–H groups in total. The van der Waals surface area contributed by atoms with Crippen LogP contribution in [0.5, 0.6) is 0 Å². The van der Waals surface area contributed by atoms with E-state index in [0.29, 0.717) is 17.8 Å². The first-order chi connectivity index (χ1) is 10.0. The summed E-state index contributed by atoms with van der Waals surface area (Å²) in [6, 6.07) is 8.72. The SMILES string of the molecule is Fc1cc(F)c(-c2nc(-c3cccc(Br)c3)cs2)c(F)c1. The number of rotatable bonds is 2. The molecule has 0 saturated heterocycles. The summed E-state index contributed by atoms with van der Waals surface area (Å²) in [4.78, 5) is 4.24. The zero-order valence-electron chi connectivity index (χ0n) is 10.4. The Morgan fingerprint density at radius 1 is 1.00 bits per heavy atom. The molecule has 6 heteroatoms. The smallest absolute Gasteiger partial charge is 0.139 e. The Hall–Kier alpha value is -1.66. The fraction of sp³-hybridized carbons (Fsp3) is 0. The van der Waals surface area contributed by atoms with Gasteiger partial charge in [-0.05, 0) is 12.1 Å². The molecule has 0 unspecified atom stereocenters. The highest BCUT2D eigenvalue weighted by molar-refractivity contribution is 9.10. The van der Waals surface area contributed by atoms with Gasteiger partial charge in [-0.3, -0.25) is 0 Å². The van der Waals surface area contributed by atoms with Gasteiger partial charge in [0.1, 0.15) is 22.5 Å². The van der Waals surface area contributed by atoms with E-state index in [-0.39, 0.29) is 10.6 Å². The van der Waals surface area contributed by atoms with Crippen LogP contribution in [0.1, 0.15) is 0 Å². The molecule has 0 aliphatic heterocycles. The van der Waals surface area contributed by atoms with Crippen LogP contribution in [0, 0.1) is 17.5 Å². The number of thiazole rings is 1. The number of hydrogen-bond donors (Lipinski definition) is 0.